The molecule has 2 aromatic rings. The van der Waals surface area contributed by atoms with Gasteiger partial charge in [0, 0.05) is 10.6 Å². The fourth-order valence-corrected chi connectivity index (χ4v) is 4.00. The molecule has 0 fully saturated rings. The lowest BCUT2D eigenvalue weighted by atomic mass is 10.2. The van der Waals surface area contributed by atoms with Crippen LogP contribution in [0.5, 0.6) is 0 Å². The van der Waals surface area contributed by atoms with E-state index < -0.39 is 27.9 Å². The van der Waals surface area contributed by atoms with Crippen LogP contribution in [0.25, 0.3) is 0 Å². The molecule has 1 aliphatic rings. The van der Waals surface area contributed by atoms with Gasteiger partial charge in [0.25, 0.3) is 5.91 Å². The first-order chi connectivity index (χ1) is 11.4. The largest absolute Gasteiger partial charge is 0.360 e. The minimum absolute atomic E-state index is 0.0479. The Morgan fingerprint density at radius 2 is 2.04 bits per heavy atom. The molecule has 126 valence electrons. The molecule has 0 aromatic heterocycles. The highest BCUT2D eigenvalue weighted by atomic mass is 32.2. The number of benzene rings is 2. The maximum atomic E-state index is 13.3. The van der Waals surface area contributed by atoms with E-state index in [1.54, 1.807) is 18.2 Å². The van der Waals surface area contributed by atoms with E-state index in [1.807, 2.05) is 12.3 Å². The summed E-state index contributed by atoms with van der Waals surface area (Å²) in [6.45, 7) is 0. The maximum absolute atomic E-state index is 13.3. The van der Waals surface area contributed by atoms with E-state index in [4.69, 9.17) is 0 Å². The van der Waals surface area contributed by atoms with Crippen molar-refractivity contribution in [1.82, 2.24) is 4.72 Å². The molecule has 24 heavy (non-hydrogen) atoms. The van der Waals surface area contributed by atoms with Gasteiger partial charge in [0.05, 0.1) is 5.69 Å². The number of hydrogen-bond donors (Lipinski definition) is 3. The lowest BCUT2D eigenvalue weighted by molar-refractivity contribution is -0.117. The molecule has 3 N–H and O–H groups in total. The van der Waals surface area contributed by atoms with Crippen LogP contribution in [0.15, 0.2) is 52.3 Å². The second-order valence-electron chi connectivity index (χ2n) is 5.06. The number of anilines is 2. The molecule has 9 heteroatoms. The third-order valence-corrected chi connectivity index (χ3v) is 5.61. The Bertz CT molecular complexity index is 903. The zero-order chi connectivity index (χ0) is 17.3. The highest BCUT2D eigenvalue weighted by Crippen LogP contribution is 2.27. The Morgan fingerprint density at radius 1 is 1.25 bits per heavy atom. The summed E-state index contributed by atoms with van der Waals surface area (Å²) >= 11 is 1.52. The zero-order valence-electron chi connectivity index (χ0n) is 12.5. The predicted octanol–water partition coefficient (Wildman–Crippen LogP) is 2.22. The van der Waals surface area contributed by atoms with Crippen molar-refractivity contribution in [2.75, 3.05) is 16.9 Å². The molecular formula is C15H14FN3O3S2. The standard InChI is InChI=1S/C15H14FN3O3S2/c1-23-11-4-2-3-10(8-11)17-15(20)14-18-12-7-9(16)5-6-13(12)24(21,22)19-14/h2-8,14,18-19H,1H3,(H,17,20). The van der Waals surface area contributed by atoms with Crippen molar-refractivity contribution < 1.29 is 17.6 Å². The quantitative estimate of drug-likeness (QED) is 0.724. The normalized spacial score (nSPS) is 18.3. The maximum Gasteiger partial charge on any atom is 0.262 e. The lowest BCUT2D eigenvalue weighted by Gasteiger charge is -2.27. The van der Waals surface area contributed by atoms with Gasteiger partial charge < -0.3 is 10.6 Å². The first-order valence-corrected chi connectivity index (χ1v) is 9.63. The van der Waals surface area contributed by atoms with Gasteiger partial charge in [-0.05, 0) is 42.7 Å². The van der Waals surface area contributed by atoms with E-state index in [0.717, 1.165) is 23.1 Å². The average molecular weight is 367 g/mol. The van der Waals surface area contributed by atoms with Crippen molar-refractivity contribution in [2.24, 2.45) is 0 Å². The lowest BCUT2D eigenvalue weighted by Crippen LogP contribution is -2.51. The molecule has 0 aliphatic carbocycles. The van der Waals surface area contributed by atoms with Gasteiger partial charge in [-0.15, -0.1) is 11.8 Å². The van der Waals surface area contributed by atoms with Crippen LogP contribution in [-0.4, -0.2) is 26.7 Å². The number of sulfonamides is 1. The van der Waals surface area contributed by atoms with Crippen LogP contribution >= 0.6 is 11.8 Å². The Kier molecular flexibility index (Phi) is 4.48. The average Bonchev–Trinajstić information content (AvgIpc) is 2.53. The molecule has 0 saturated carbocycles. The van der Waals surface area contributed by atoms with Gasteiger partial charge in [0.1, 0.15) is 10.7 Å². The minimum Gasteiger partial charge on any atom is -0.360 e. The van der Waals surface area contributed by atoms with Gasteiger partial charge in [-0.25, -0.2) is 12.8 Å². The summed E-state index contributed by atoms with van der Waals surface area (Å²) in [6.07, 6.45) is 0.672. The molecule has 3 rings (SSSR count). The molecule has 0 spiro atoms. The number of carbonyl (C=O) groups is 1. The Hall–Kier alpha value is -2.10. The molecule has 6 nitrogen and oxygen atoms in total. The molecule has 0 bridgehead atoms. The number of thioether (sulfide) groups is 1. The number of rotatable bonds is 3. The van der Waals surface area contributed by atoms with E-state index in [1.165, 1.54) is 11.8 Å². The van der Waals surface area contributed by atoms with E-state index in [-0.39, 0.29) is 10.6 Å². The number of fused-ring (bicyclic) bond motifs is 1. The number of halogens is 1. The first-order valence-electron chi connectivity index (χ1n) is 6.92. The van der Waals surface area contributed by atoms with Crippen LogP contribution in [0.4, 0.5) is 15.8 Å². The summed E-state index contributed by atoms with van der Waals surface area (Å²) < 4.78 is 40.0. The van der Waals surface area contributed by atoms with Crippen molar-refractivity contribution in [3.05, 3.63) is 48.3 Å². The third kappa shape index (κ3) is 3.37. The third-order valence-electron chi connectivity index (χ3n) is 3.40. The van der Waals surface area contributed by atoms with Crippen LogP contribution in [0, 0.1) is 5.82 Å². The summed E-state index contributed by atoms with van der Waals surface area (Å²) in [4.78, 5) is 13.2. The Balaban J connectivity index is 1.84. The number of amides is 1. The molecule has 1 amide bonds. The van der Waals surface area contributed by atoms with Gasteiger partial charge in [-0.2, -0.15) is 4.72 Å². The van der Waals surface area contributed by atoms with Crippen molar-refractivity contribution in [2.45, 2.75) is 16.0 Å². The zero-order valence-corrected chi connectivity index (χ0v) is 14.2. The summed E-state index contributed by atoms with van der Waals surface area (Å²) in [5, 5.41) is 5.33. The summed E-state index contributed by atoms with van der Waals surface area (Å²) in [7, 11) is -3.90. The number of nitrogens with one attached hydrogen (secondary N) is 3. The molecular weight excluding hydrogens is 353 g/mol. The topological polar surface area (TPSA) is 87.3 Å². The predicted molar refractivity (Wildman–Crippen MR) is 91.0 cm³/mol. The molecule has 1 unspecified atom stereocenters. The van der Waals surface area contributed by atoms with Crippen molar-refractivity contribution in [1.29, 1.82) is 0 Å². The van der Waals surface area contributed by atoms with Crippen LogP contribution in [0.3, 0.4) is 0 Å². The van der Waals surface area contributed by atoms with E-state index in [9.17, 15) is 17.6 Å². The van der Waals surface area contributed by atoms with Crippen LogP contribution in [0.2, 0.25) is 0 Å². The van der Waals surface area contributed by atoms with Crippen LogP contribution in [0.1, 0.15) is 0 Å². The molecule has 1 aliphatic heterocycles. The fourth-order valence-electron chi connectivity index (χ4n) is 2.29. The van der Waals surface area contributed by atoms with Gasteiger partial charge >= 0.3 is 0 Å². The molecule has 1 atom stereocenters. The van der Waals surface area contributed by atoms with Crippen LogP contribution < -0.4 is 15.4 Å². The van der Waals surface area contributed by atoms with Gasteiger partial charge in [-0.1, -0.05) is 6.07 Å². The van der Waals surface area contributed by atoms with E-state index in [2.05, 4.69) is 15.4 Å². The second-order valence-corrected chi connectivity index (χ2v) is 7.62. The van der Waals surface area contributed by atoms with Crippen molar-refractivity contribution in [3.8, 4) is 0 Å². The summed E-state index contributed by atoms with van der Waals surface area (Å²) in [6, 6.07) is 10.4. The molecule has 1 heterocycles. The van der Waals surface area contributed by atoms with Crippen LogP contribution in [-0.2, 0) is 14.8 Å². The van der Waals surface area contributed by atoms with Crippen molar-refractivity contribution in [3.63, 3.8) is 0 Å². The van der Waals surface area contributed by atoms with Gasteiger partial charge in [0.15, 0.2) is 6.17 Å². The smallest absolute Gasteiger partial charge is 0.262 e. The highest BCUT2D eigenvalue weighted by Gasteiger charge is 2.33. The fraction of sp³-hybridized carbons (Fsp3) is 0.133. The molecule has 0 radical (unpaired) electrons. The number of carbonyl (C=O) groups excluding carboxylic acids is 1. The molecule has 0 saturated heterocycles. The van der Waals surface area contributed by atoms with E-state index in [0.29, 0.717) is 5.69 Å². The van der Waals surface area contributed by atoms with Crippen molar-refractivity contribution >= 4 is 39.1 Å². The van der Waals surface area contributed by atoms with Gasteiger partial charge in [0.2, 0.25) is 10.0 Å². The van der Waals surface area contributed by atoms with Gasteiger partial charge in [-0.3, -0.25) is 4.79 Å². The SMILES string of the molecule is CSc1cccc(NC(=O)C2Nc3cc(F)ccc3S(=O)(=O)N2)c1. The monoisotopic (exact) mass is 367 g/mol. The van der Waals surface area contributed by atoms with E-state index >= 15 is 0 Å². The number of hydrogen-bond acceptors (Lipinski definition) is 5. The summed E-state index contributed by atoms with van der Waals surface area (Å²) in [5.41, 5.74) is 0.588. The Morgan fingerprint density at radius 3 is 2.79 bits per heavy atom. The minimum atomic E-state index is -3.90. The second kappa shape index (κ2) is 6.42. The molecule has 2 aromatic carbocycles. The summed E-state index contributed by atoms with van der Waals surface area (Å²) in [5.74, 6) is -1.18. The Labute approximate surface area is 142 Å². The first kappa shape index (κ1) is 16.7. The highest BCUT2D eigenvalue weighted by molar-refractivity contribution is 7.98.